The first-order chi connectivity index (χ1) is 9.40. The number of nitrogens with two attached hydrogens (primary N) is 2. The first-order valence-electron chi connectivity index (χ1n) is 6.01. The van der Waals surface area contributed by atoms with Crippen molar-refractivity contribution in [1.29, 1.82) is 0 Å². The molecule has 0 fully saturated rings. The summed E-state index contributed by atoms with van der Waals surface area (Å²) in [7, 11) is 0. The molecule has 0 unspecified atom stereocenters. The van der Waals surface area contributed by atoms with E-state index in [-0.39, 0.29) is 6.42 Å². The number of aliphatic carboxylic acids is 1. The van der Waals surface area contributed by atoms with Gasteiger partial charge in [0.15, 0.2) is 0 Å². The molecule has 20 heavy (non-hydrogen) atoms. The van der Waals surface area contributed by atoms with Crippen LogP contribution in [0.2, 0.25) is 0 Å². The van der Waals surface area contributed by atoms with Crippen molar-refractivity contribution in [2.75, 3.05) is 0 Å². The van der Waals surface area contributed by atoms with Crippen LogP contribution in [0.5, 0.6) is 0 Å². The fraction of sp³-hybridized carbons (Fsp3) is 0.308. The van der Waals surface area contributed by atoms with Crippen molar-refractivity contribution in [3.63, 3.8) is 0 Å². The molecule has 0 aliphatic carbocycles. The molecule has 1 aromatic carbocycles. The number of rotatable bonds is 6. The van der Waals surface area contributed by atoms with Crippen LogP contribution in [0.4, 0.5) is 0 Å². The van der Waals surface area contributed by atoms with Crippen LogP contribution >= 0.6 is 0 Å². The third kappa shape index (κ3) is 5.17. The van der Waals surface area contributed by atoms with E-state index in [2.05, 4.69) is 0 Å². The van der Waals surface area contributed by atoms with Crippen LogP contribution in [-0.2, 0) is 20.8 Å². The van der Waals surface area contributed by atoms with Crippen molar-refractivity contribution < 1.29 is 19.5 Å². The first kappa shape index (κ1) is 15.8. The van der Waals surface area contributed by atoms with Gasteiger partial charge in [-0.25, -0.2) is 0 Å². The minimum atomic E-state index is -1.28. The highest BCUT2D eigenvalue weighted by Gasteiger charge is 2.22. The fourth-order valence-corrected chi connectivity index (χ4v) is 1.55. The summed E-state index contributed by atoms with van der Waals surface area (Å²) in [6, 6.07) is 6.90. The molecule has 0 saturated heterocycles. The Morgan fingerprint density at radius 3 is 2.15 bits per heavy atom. The van der Waals surface area contributed by atoms with Crippen molar-refractivity contribution in [2.45, 2.75) is 24.9 Å². The van der Waals surface area contributed by atoms with Gasteiger partial charge in [-0.2, -0.15) is 0 Å². The maximum atomic E-state index is 11.7. The summed E-state index contributed by atoms with van der Waals surface area (Å²) in [4.78, 5) is 33.6. The van der Waals surface area contributed by atoms with Gasteiger partial charge in [0.05, 0.1) is 18.5 Å². The summed E-state index contributed by atoms with van der Waals surface area (Å²) in [5.41, 5.74) is 11.9. The lowest BCUT2D eigenvalue weighted by molar-refractivity contribution is -0.140. The zero-order valence-electron chi connectivity index (χ0n) is 10.8. The van der Waals surface area contributed by atoms with Gasteiger partial charge in [0.25, 0.3) is 0 Å². The van der Waals surface area contributed by atoms with Gasteiger partial charge < -0.3 is 16.6 Å². The van der Waals surface area contributed by atoms with Crippen molar-refractivity contribution in [1.82, 2.24) is 5.32 Å². The third-order valence-electron chi connectivity index (χ3n) is 2.61. The summed E-state index contributed by atoms with van der Waals surface area (Å²) in [6.45, 7) is 0. The molecular weight excluding hydrogens is 262 g/mol. The predicted molar refractivity (Wildman–Crippen MR) is 71.5 cm³/mol. The van der Waals surface area contributed by atoms with Crippen LogP contribution in [0.25, 0.3) is 0 Å². The molecule has 2 atom stereocenters. The quantitative estimate of drug-likeness (QED) is 0.527. The molecule has 0 aromatic heterocycles. The summed E-state index contributed by atoms with van der Waals surface area (Å²) in [6.07, 6.45) is -0.277. The van der Waals surface area contributed by atoms with E-state index in [1.807, 2.05) is 35.6 Å². The zero-order chi connectivity index (χ0) is 15.1. The lowest BCUT2D eigenvalue weighted by Gasteiger charge is -2.13. The third-order valence-corrected chi connectivity index (χ3v) is 2.61. The standard InChI is InChI=1S/C13H17N3O4/c14-9(6-8-4-2-1-3-5-8)12(19)16-13(20)10(15)7-11(17)18/h1-5,9-10H,6-7,14-15H2,(H,17,18)(H,16,19,20)/t9-,10-/m0/s1. The molecule has 0 spiro atoms. The molecular formula is C13H17N3O4. The lowest BCUT2D eigenvalue weighted by atomic mass is 10.1. The van der Waals surface area contributed by atoms with Crippen molar-refractivity contribution >= 4 is 17.8 Å². The largest absolute Gasteiger partial charge is 0.481 e. The number of imide groups is 1. The molecule has 7 nitrogen and oxygen atoms in total. The molecule has 0 heterocycles. The fourth-order valence-electron chi connectivity index (χ4n) is 1.55. The number of carbonyl (C=O) groups excluding carboxylic acids is 2. The van der Waals surface area contributed by atoms with E-state index in [1.54, 1.807) is 0 Å². The van der Waals surface area contributed by atoms with Gasteiger partial charge in [0, 0.05) is 0 Å². The van der Waals surface area contributed by atoms with E-state index in [4.69, 9.17) is 16.6 Å². The predicted octanol–water partition coefficient (Wildman–Crippen LogP) is -0.999. The molecule has 7 heteroatoms. The highest BCUT2D eigenvalue weighted by Crippen LogP contribution is 2.02. The Labute approximate surface area is 115 Å². The van der Waals surface area contributed by atoms with E-state index in [0.29, 0.717) is 0 Å². The highest BCUT2D eigenvalue weighted by atomic mass is 16.4. The van der Waals surface area contributed by atoms with Crippen LogP contribution in [0.3, 0.4) is 0 Å². The number of carbonyl (C=O) groups is 3. The van der Waals surface area contributed by atoms with Crippen LogP contribution in [0.15, 0.2) is 30.3 Å². The van der Waals surface area contributed by atoms with Crippen LogP contribution in [0, 0.1) is 0 Å². The van der Waals surface area contributed by atoms with Gasteiger partial charge >= 0.3 is 5.97 Å². The summed E-state index contributed by atoms with van der Waals surface area (Å²) >= 11 is 0. The minimum Gasteiger partial charge on any atom is -0.481 e. The van der Waals surface area contributed by atoms with Crippen molar-refractivity contribution in [2.24, 2.45) is 11.5 Å². The molecule has 108 valence electrons. The lowest BCUT2D eigenvalue weighted by Crippen LogP contribution is -2.50. The molecule has 2 amide bonds. The number of benzene rings is 1. The smallest absolute Gasteiger partial charge is 0.305 e. The van der Waals surface area contributed by atoms with Crippen LogP contribution in [0.1, 0.15) is 12.0 Å². The molecule has 0 saturated carbocycles. The zero-order valence-corrected chi connectivity index (χ0v) is 10.8. The monoisotopic (exact) mass is 279 g/mol. The van der Waals surface area contributed by atoms with Gasteiger partial charge in [0.2, 0.25) is 11.8 Å². The number of carboxylic acid groups (broad SMARTS) is 1. The molecule has 1 rings (SSSR count). The summed E-state index contributed by atoms with van der Waals surface area (Å²) in [5, 5.41) is 10.5. The highest BCUT2D eigenvalue weighted by molar-refractivity contribution is 6.00. The Morgan fingerprint density at radius 1 is 1.05 bits per heavy atom. The number of nitrogens with one attached hydrogen (secondary N) is 1. The van der Waals surface area contributed by atoms with Gasteiger partial charge in [-0.1, -0.05) is 30.3 Å². The maximum Gasteiger partial charge on any atom is 0.305 e. The molecule has 0 bridgehead atoms. The topological polar surface area (TPSA) is 136 Å². The van der Waals surface area contributed by atoms with Gasteiger partial charge in [-0.15, -0.1) is 0 Å². The Kier molecular flexibility index (Phi) is 5.82. The van der Waals surface area contributed by atoms with E-state index in [0.717, 1.165) is 5.56 Å². The van der Waals surface area contributed by atoms with E-state index in [1.165, 1.54) is 0 Å². The second kappa shape index (κ2) is 7.37. The molecule has 1 aromatic rings. The van der Waals surface area contributed by atoms with Crippen molar-refractivity contribution in [3.05, 3.63) is 35.9 Å². The van der Waals surface area contributed by atoms with E-state index < -0.39 is 36.3 Å². The van der Waals surface area contributed by atoms with Gasteiger partial charge in [0.1, 0.15) is 0 Å². The van der Waals surface area contributed by atoms with E-state index in [9.17, 15) is 14.4 Å². The normalized spacial score (nSPS) is 13.3. The molecule has 0 aliphatic rings. The SMILES string of the molecule is N[C@@H](CC(=O)O)C(=O)NC(=O)[C@@H](N)Cc1ccccc1. The maximum absolute atomic E-state index is 11.7. The first-order valence-corrected chi connectivity index (χ1v) is 6.01. The summed E-state index contributed by atoms with van der Waals surface area (Å²) < 4.78 is 0. The second-order valence-electron chi connectivity index (χ2n) is 4.35. The number of carboxylic acids is 1. The number of amides is 2. The van der Waals surface area contributed by atoms with Gasteiger partial charge in [-0.05, 0) is 12.0 Å². The van der Waals surface area contributed by atoms with Crippen LogP contribution < -0.4 is 16.8 Å². The number of hydrogen-bond acceptors (Lipinski definition) is 5. The Balaban J connectivity index is 2.49. The minimum absolute atomic E-state index is 0.272. The Morgan fingerprint density at radius 2 is 1.60 bits per heavy atom. The van der Waals surface area contributed by atoms with Crippen LogP contribution in [-0.4, -0.2) is 35.0 Å². The Bertz CT molecular complexity index is 490. The van der Waals surface area contributed by atoms with E-state index >= 15 is 0 Å². The number of hydrogen-bond donors (Lipinski definition) is 4. The molecule has 6 N–H and O–H groups in total. The summed E-state index contributed by atoms with van der Waals surface area (Å²) in [5.74, 6) is -2.74. The molecule has 0 aliphatic heterocycles. The van der Waals surface area contributed by atoms with Gasteiger partial charge in [-0.3, -0.25) is 19.7 Å². The molecule has 0 radical (unpaired) electrons. The van der Waals surface area contributed by atoms with Crippen molar-refractivity contribution in [3.8, 4) is 0 Å². The Hall–Kier alpha value is -2.25. The average Bonchev–Trinajstić information content (AvgIpc) is 2.38. The second-order valence-corrected chi connectivity index (χ2v) is 4.35. The average molecular weight is 279 g/mol.